The zero-order valence-corrected chi connectivity index (χ0v) is 7.84. The molecule has 2 heterocycles. The van der Waals surface area contributed by atoms with Gasteiger partial charge < -0.3 is 15.0 Å². The Balaban J connectivity index is 1.85. The van der Waals surface area contributed by atoms with Gasteiger partial charge >= 0.3 is 0 Å². The van der Waals surface area contributed by atoms with E-state index in [4.69, 9.17) is 4.74 Å². The lowest BCUT2D eigenvalue weighted by Crippen LogP contribution is -2.42. The highest BCUT2D eigenvalue weighted by Gasteiger charge is 2.28. The van der Waals surface area contributed by atoms with Crippen LogP contribution in [-0.4, -0.2) is 28.7 Å². The van der Waals surface area contributed by atoms with Gasteiger partial charge in [0.05, 0.1) is 13.2 Å². The second kappa shape index (κ2) is 3.47. The summed E-state index contributed by atoms with van der Waals surface area (Å²) in [4.78, 5) is 7.21. The molecule has 0 spiro atoms. The Morgan fingerprint density at radius 1 is 1.77 bits per heavy atom. The topological polar surface area (TPSA) is 49.9 Å². The Morgan fingerprint density at radius 2 is 2.69 bits per heavy atom. The molecule has 1 aliphatic rings. The maximum atomic E-state index is 5.34. The number of imidazole rings is 1. The zero-order valence-electron chi connectivity index (χ0n) is 7.84. The van der Waals surface area contributed by atoms with E-state index in [0.29, 0.717) is 0 Å². The summed E-state index contributed by atoms with van der Waals surface area (Å²) < 4.78 is 5.34. The van der Waals surface area contributed by atoms with Crippen molar-refractivity contribution in [2.75, 3.05) is 13.2 Å². The van der Waals surface area contributed by atoms with Crippen LogP contribution < -0.4 is 5.32 Å². The molecule has 0 radical (unpaired) electrons. The zero-order chi connectivity index (χ0) is 9.15. The van der Waals surface area contributed by atoms with Gasteiger partial charge in [-0.3, -0.25) is 0 Å². The second-order valence-corrected chi connectivity index (χ2v) is 3.75. The quantitative estimate of drug-likeness (QED) is 0.721. The summed E-state index contributed by atoms with van der Waals surface area (Å²) in [5.41, 5.74) is 0.132. The molecule has 4 heteroatoms. The molecule has 0 aliphatic carbocycles. The van der Waals surface area contributed by atoms with Crippen LogP contribution in [0.2, 0.25) is 0 Å². The number of H-pyrrole nitrogens is 1. The van der Waals surface area contributed by atoms with E-state index in [2.05, 4.69) is 22.2 Å². The molecule has 13 heavy (non-hydrogen) atoms. The van der Waals surface area contributed by atoms with Crippen molar-refractivity contribution in [2.24, 2.45) is 0 Å². The molecule has 1 fully saturated rings. The molecule has 0 amide bonds. The van der Waals surface area contributed by atoms with Crippen LogP contribution in [0.4, 0.5) is 0 Å². The number of hydrogen-bond donors (Lipinski definition) is 2. The minimum atomic E-state index is 0.132. The molecular weight excluding hydrogens is 166 g/mol. The van der Waals surface area contributed by atoms with E-state index in [9.17, 15) is 0 Å². The van der Waals surface area contributed by atoms with E-state index < -0.39 is 0 Å². The monoisotopic (exact) mass is 181 g/mol. The van der Waals surface area contributed by atoms with Gasteiger partial charge in [0.2, 0.25) is 0 Å². The Hall–Kier alpha value is -0.870. The number of ether oxygens (including phenoxy) is 1. The highest BCUT2D eigenvalue weighted by atomic mass is 16.5. The normalized spacial score (nSPS) is 28.1. The van der Waals surface area contributed by atoms with Gasteiger partial charge in [0.25, 0.3) is 0 Å². The summed E-state index contributed by atoms with van der Waals surface area (Å²) in [6.45, 7) is 4.63. The molecule has 1 aliphatic heterocycles. The lowest BCUT2D eigenvalue weighted by molar-refractivity contribution is 0.171. The maximum absolute atomic E-state index is 5.34. The van der Waals surface area contributed by atoms with Crippen molar-refractivity contribution in [3.05, 3.63) is 18.2 Å². The average Bonchev–Trinajstić information content (AvgIpc) is 2.72. The first-order valence-electron chi connectivity index (χ1n) is 4.60. The third kappa shape index (κ3) is 2.08. The molecule has 0 aromatic carbocycles. The van der Waals surface area contributed by atoms with Gasteiger partial charge in [0.15, 0.2) is 0 Å². The molecule has 72 valence electrons. The highest BCUT2D eigenvalue weighted by molar-refractivity contribution is 4.92. The summed E-state index contributed by atoms with van der Waals surface area (Å²) in [6, 6.07) is 0. The first kappa shape index (κ1) is 8.72. The molecule has 4 nitrogen and oxygen atoms in total. The van der Waals surface area contributed by atoms with Crippen molar-refractivity contribution < 1.29 is 4.74 Å². The Bertz CT molecular complexity index is 252. The van der Waals surface area contributed by atoms with Crippen molar-refractivity contribution in [2.45, 2.75) is 25.4 Å². The summed E-state index contributed by atoms with van der Waals surface area (Å²) in [6.07, 6.45) is 4.68. The van der Waals surface area contributed by atoms with Crippen LogP contribution in [0.5, 0.6) is 0 Å². The minimum absolute atomic E-state index is 0.132. The van der Waals surface area contributed by atoms with E-state index in [1.54, 1.807) is 6.20 Å². The standard InChI is InChI=1S/C9H15N3O/c1-9(2-5-13-7-9)12-6-8-10-3-4-11-8/h3-4,12H,2,5-7H2,1H3,(H,10,11). The molecule has 1 unspecified atom stereocenters. The van der Waals surface area contributed by atoms with Crippen LogP contribution in [0.25, 0.3) is 0 Å². The lowest BCUT2D eigenvalue weighted by atomic mass is 10.0. The molecule has 1 atom stereocenters. The molecule has 1 aromatic heterocycles. The van der Waals surface area contributed by atoms with E-state index in [-0.39, 0.29) is 5.54 Å². The molecule has 0 bridgehead atoms. The van der Waals surface area contributed by atoms with Crippen LogP contribution in [0, 0.1) is 0 Å². The Kier molecular flexibility index (Phi) is 2.33. The molecule has 1 aromatic rings. The Labute approximate surface area is 77.7 Å². The van der Waals surface area contributed by atoms with Crippen LogP contribution in [0.15, 0.2) is 12.4 Å². The van der Waals surface area contributed by atoms with Crippen LogP contribution in [0.3, 0.4) is 0 Å². The van der Waals surface area contributed by atoms with E-state index in [0.717, 1.165) is 32.0 Å². The Morgan fingerprint density at radius 3 is 3.31 bits per heavy atom. The number of nitrogens with one attached hydrogen (secondary N) is 2. The average molecular weight is 181 g/mol. The largest absolute Gasteiger partial charge is 0.379 e. The van der Waals surface area contributed by atoms with E-state index in [1.165, 1.54) is 0 Å². The number of aromatic amines is 1. The predicted molar refractivity (Wildman–Crippen MR) is 49.3 cm³/mol. The first-order chi connectivity index (χ1) is 6.29. The molecule has 0 saturated carbocycles. The summed E-state index contributed by atoms with van der Waals surface area (Å²) in [7, 11) is 0. The molecule has 2 N–H and O–H groups in total. The molecule has 2 rings (SSSR count). The first-order valence-corrected chi connectivity index (χ1v) is 4.60. The van der Waals surface area contributed by atoms with Crippen LogP contribution in [-0.2, 0) is 11.3 Å². The van der Waals surface area contributed by atoms with E-state index >= 15 is 0 Å². The van der Waals surface area contributed by atoms with Crippen LogP contribution >= 0.6 is 0 Å². The van der Waals surface area contributed by atoms with Gasteiger partial charge in [-0.15, -0.1) is 0 Å². The number of rotatable bonds is 3. The molecular formula is C9H15N3O. The molecule has 1 saturated heterocycles. The van der Waals surface area contributed by atoms with Crippen molar-refractivity contribution >= 4 is 0 Å². The second-order valence-electron chi connectivity index (χ2n) is 3.75. The van der Waals surface area contributed by atoms with E-state index in [1.807, 2.05) is 6.20 Å². The minimum Gasteiger partial charge on any atom is -0.379 e. The number of nitrogens with zero attached hydrogens (tertiary/aromatic N) is 1. The summed E-state index contributed by atoms with van der Waals surface area (Å²) in [5, 5.41) is 3.44. The van der Waals surface area contributed by atoms with Gasteiger partial charge in [0.1, 0.15) is 5.82 Å². The van der Waals surface area contributed by atoms with Gasteiger partial charge in [-0.25, -0.2) is 4.98 Å². The third-order valence-corrected chi connectivity index (χ3v) is 2.46. The van der Waals surface area contributed by atoms with Gasteiger partial charge in [0, 0.05) is 24.5 Å². The third-order valence-electron chi connectivity index (χ3n) is 2.46. The van der Waals surface area contributed by atoms with Crippen LogP contribution in [0.1, 0.15) is 19.2 Å². The van der Waals surface area contributed by atoms with Gasteiger partial charge in [-0.05, 0) is 13.3 Å². The number of aromatic nitrogens is 2. The van der Waals surface area contributed by atoms with Gasteiger partial charge in [-0.1, -0.05) is 0 Å². The summed E-state index contributed by atoms with van der Waals surface area (Å²) in [5.74, 6) is 0.980. The smallest absolute Gasteiger partial charge is 0.120 e. The van der Waals surface area contributed by atoms with Crippen molar-refractivity contribution in [1.82, 2.24) is 15.3 Å². The summed E-state index contributed by atoms with van der Waals surface area (Å²) >= 11 is 0. The fourth-order valence-corrected chi connectivity index (χ4v) is 1.50. The lowest BCUT2D eigenvalue weighted by Gasteiger charge is -2.22. The van der Waals surface area contributed by atoms with Crippen molar-refractivity contribution in [3.63, 3.8) is 0 Å². The van der Waals surface area contributed by atoms with Gasteiger partial charge in [-0.2, -0.15) is 0 Å². The predicted octanol–water partition coefficient (Wildman–Crippen LogP) is 0.678. The van der Waals surface area contributed by atoms with Crippen molar-refractivity contribution in [1.29, 1.82) is 0 Å². The maximum Gasteiger partial charge on any atom is 0.120 e. The fraction of sp³-hybridized carbons (Fsp3) is 0.667. The highest BCUT2D eigenvalue weighted by Crippen LogP contribution is 2.17. The fourth-order valence-electron chi connectivity index (χ4n) is 1.50. The SMILES string of the molecule is CC1(NCc2ncc[nH]2)CCOC1. The number of hydrogen-bond acceptors (Lipinski definition) is 3. The van der Waals surface area contributed by atoms with Crippen molar-refractivity contribution in [3.8, 4) is 0 Å².